The van der Waals surface area contributed by atoms with Gasteiger partial charge >= 0.3 is 0 Å². The van der Waals surface area contributed by atoms with Crippen molar-refractivity contribution >= 4 is 17.2 Å². The maximum Gasteiger partial charge on any atom is 0.273 e. The minimum atomic E-state index is 0.0231. The fraction of sp³-hybridized carbons (Fsp3) is 0.733. The number of thiazole rings is 1. The predicted octanol–water partition coefficient (Wildman–Crippen LogP) is 1.47. The van der Waals surface area contributed by atoms with Gasteiger partial charge in [-0.2, -0.15) is 0 Å². The van der Waals surface area contributed by atoms with Crippen molar-refractivity contribution in [2.24, 2.45) is 0 Å². The lowest BCUT2D eigenvalue weighted by molar-refractivity contribution is 0.0388. The van der Waals surface area contributed by atoms with Gasteiger partial charge < -0.3 is 14.4 Å². The molecular formula is C15H25N3O3S. The molecule has 0 aromatic carbocycles. The zero-order chi connectivity index (χ0) is 15.9. The lowest BCUT2D eigenvalue weighted by Crippen LogP contribution is -2.54. The molecule has 1 aliphatic heterocycles. The summed E-state index contributed by atoms with van der Waals surface area (Å²) in [5, 5.41) is 2.66. The molecule has 1 aliphatic rings. The van der Waals surface area contributed by atoms with Gasteiger partial charge in [0.25, 0.3) is 5.91 Å². The fourth-order valence-electron chi connectivity index (χ4n) is 2.60. The summed E-state index contributed by atoms with van der Waals surface area (Å²) in [7, 11) is 1.63. The summed E-state index contributed by atoms with van der Waals surface area (Å²) in [4.78, 5) is 21.1. The van der Waals surface area contributed by atoms with E-state index in [2.05, 4.69) is 16.8 Å². The van der Waals surface area contributed by atoms with Crippen molar-refractivity contribution < 1.29 is 14.3 Å². The van der Waals surface area contributed by atoms with Gasteiger partial charge in [0.05, 0.1) is 13.2 Å². The molecule has 22 heavy (non-hydrogen) atoms. The SMILES string of the molecule is CCOCCN1CCN(C(=O)c2csc(COC)n2)C[C@H]1C. The highest BCUT2D eigenvalue weighted by Crippen LogP contribution is 2.16. The molecular weight excluding hydrogens is 302 g/mol. The Hall–Kier alpha value is -1.02. The van der Waals surface area contributed by atoms with Crippen LogP contribution >= 0.6 is 11.3 Å². The summed E-state index contributed by atoms with van der Waals surface area (Å²) in [6.45, 7) is 9.41. The van der Waals surface area contributed by atoms with Crippen molar-refractivity contribution in [3.8, 4) is 0 Å². The molecule has 0 bridgehead atoms. The van der Waals surface area contributed by atoms with Gasteiger partial charge in [-0.1, -0.05) is 0 Å². The van der Waals surface area contributed by atoms with Crippen LogP contribution < -0.4 is 0 Å². The van der Waals surface area contributed by atoms with E-state index in [0.717, 1.165) is 44.4 Å². The van der Waals surface area contributed by atoms with Crippen molar-refractivity contribution in [2.45, 2.75) is 26.5 Å². The molecule has 2 rings (SSSR count). The second-order valence-corrected chi connectivity index (χ2v) is 6.34. The number of piperazine rings is 1. The summed E-state index contributed by atoms with van der Waals surface area (Å²) < 4.78 is 10.5. The zero-order valence-electron chi connectivity index (χ0n) is 13.6. The van der Waals surface area contributed by atoms with Gasteiger partial charge in [-0.3, -0.25) is 9.69 Å². The largest absolute Gasteiger partial charge is 0.380 e. The number of methoxy groups -OCH3 is 1. The Morgan fingerprint density at radius 3 is 3.00 bits per heavy atom. The lowest BCUT2D eigenvalue weighted by atomic mass is 10.2. The smallest absolute Gasteiger partial charge is 0.273 e. The quantitative estimate of drug-likeness (QED) is 0.710. The van der Waals surface area contributed by atoms with E-state index >= 15 is 0 Å². The third kappa shape index (κ3) is 4.49. The monoisotopic (exact) mass is 327 g/mol. The first-order valence-corrected chi connectivity index (χ1v) is 8.58. The van der Waals surface area contributed by atoms with Crippen molar-refractivity contribution in [1.29, 1.82) is 0 Å². The van der Waals surface area contributed by atoms with E-state index in [0.29, 0.717) is 18.3 Å². The Morgan fingerprint density at radius 1 is 1.50 bits per heavy atom. The molecule has 1 fully saturated rings. The van der Waals surface area contributed by atoms with Gasteiger partial charge in [-0.15, -0.1) is 11.3 Å². The van der Waals surface area contributed by atoms with Crippen LogP contribution in [-0.2, 0) is 16.1 Å². The molecule has 0 saturated carbocycles. The Labute approximate surface area is 136 Å². The third-order valence-corrected chi connectivity index (χ3v) is 4.64. The van der Waals surface area contributed by atoms with Crippen LogP contribution in [0.25, 0.3) is 0 Å². The van der Waals surface area contributed by atoms with Crippen LogP contribution in [0.15, 0.2) is 5.38 Å². The van der Waals surface area contributed by atoms with Gasteiger partial charge in [0.1, 0.15) is 10.7 Å². The van der Waals surface area contributed by atoms with Gasteiger partial charge in [0.15, 0.2) is 0 Å². The molecule has 2 heterocycles. The first-order valence-electron chi connectivity index (χ1n) is 7.70. The first-order chi connectivity index (χ1) is 10.7. The lowest BCUT2D eigenvalue weighted by Gasteiger charge is -2.39. The number of nitrogens with zero attached hydrogens (tertiary/aromatic N) is 3. The van der Waals surface area contributed by atoms with Crippen molar-refractivity contribution in [3.63, 3.8) is 0 Å². The number of carbonyl (C=O) groups is 1. The first kappa shape index (κ1) is 17.3. The van der Waals surface area contributed by atoms with E-state index in [4.69, 9.17) is 9.47 Å². The highest BCUT2D eigenvalue weighted by molar-refractivity contribution is 7.09. The standard InChI is InChI=1S/C15H25N3O3S/c1-4-21-8-7-17-5-6-18(9-12(17)2)15(19)13-11-22-14(16-13)10-20-3/h11-12H,4-10H2,1-3H3/t12-/m1/s1. The van der Waals surface area contributed by atoms with E-state index < -0.39 is 0 Å². The van der Waals surface area contributed by atoms with E-state index in [9.17, 15) is 4.79 Å². The molecule has 0 unspecified atom stereocenters. The molecule has 1 aromatic rings. The average molecular weight is 327 g/mol. The molecule has 7 heteroatoms. The molecule has 0 N–H and O–H groups in total. The van der Waals surface area contributed by atoms with Gasteiger partial charge in [-0.25, -0.2) is 4.98 Å². The van der Waals surface area contributed by atoms with E-state index in [-0.39, 0.29) is 5.91 Å². The highest BCUT2D eigenvalue weighted by atomic mass is 32.1. The van der Waals surface area contributed by atoms with Crippen LogP contribution in [-0.4, -0.2) is 73.2 Å². The molecule has 6 nitrogen and oxygen atoms in total. The molecule has 1 aromatic heterocycles. The maximum absolute atomic E-state index is 12.5. The molecule has 0 radical (unpaired) electrons. The summed E-state index contributed by atoms with van der Waals surface area (Å²) >= 11 is 1.47. The van der Waals surface area contributed by atoms with Crippen LogP contribution in [0.5, 0.6) is 0 Å². The summed E-state index contributed by atoms with van der Waals surface area (Å²) in [5.41, 5.74) is 0.534. The van der Waals surface area contributed by atoms with Crippen molar-refractivity contribution in [2.75, 3.05) is 46.5 Å². The average Bonchev–Trinajstić information content (AvgIpc) is 2.97. The molecule has 1 saturated heterocycles. The topological polar surface area (TPSA) is 54.9 Å². The van der Waals surface area contributed by atoms with Crippen LogP contribution in [0.2, 0.25) is 0 Å². The Bertz CT molecular complexity index is 480. The number of hydrogen-bond acceptors (Lipinski definition) is 6. The van der Waals surface area contributed by atoms with Crippen molar-refractivity contribution in [3.05, 3.63) is 16.1 Å². The van der Waals surface area contributed by atoms with E-state index in [1.807, 2.05) is 17.2 Å². The zero-order valence-corrected chi connectivity index (χ0v) is 14.4. The summed E-state index contributed by atoms with van der Waals surface area (Å²) in [5.74, 6) is 0.0231. The summed E-state index contributed by atoms with van der Waals surface area (Å²) in [6.07, 6.45) is 0. The van der Waals surface area contributed by atoms with E-state index in [1.54, 1.807) is 7.11 Å². The maximum atomic E-state index is 12.5. The van der Waals surface area contributed by atoms with Crippen LogP contribution in [0.1, 0.15) is 29.3 Å². The van der Waals surface area contributed by atoms with Crippen LogP contribution in [0.3, 0.4) is 0 Å². The Kier molecular flexibility index (Phi) is 6.75. The minimum Gasteiger partial charge on any atom is -0.380 e. The van der Waals surface area contributed by atoms with E-state index in [1.165, 1.54) is 11.3 Å². The van der Waals surface area contributed by atoms with Gasteiger partial charge in [0.2, 0.25) is 0 Å². The number of hydrogen-bond donors (Lipinski definition) is 0. The number of ether oxygens (including phenoxy) is 2. The molecule has 1 amide bonds. The summed E-state index contributed by atoms with van der Waals surface area (Å²) in [6, 6.07) is 0.343. The third-order valence-electron chi connectivity index (χ3n) is 3.82. The van der Waals surface area contributed by atoms with Gasteiger partial charge in [-0.05, 0) is 13.8 Å². The molecule has 124 valence electrons. The van der Waals surface area contributed by atoms with Crippen LogP contribution in [0, 0.1) is 0 Å². The fourth-order valence-corrected chi connectivity index (χ4v) is 3.34. The molecule has 1 atom stereocenters. The number of aromatic nitrogens is 1. The second-order valence-electron chi connectivity index (χ2n) is 5.39. The van der Waals surface area contributed by atoms with Crippen molar-refractivity contribution in [1.82, 2.24) is 14.8 Å². The number of rotatable bonds is 7. The number of carbonyl (C=O) groups excluding carboxylic acids is 1. The molecule has 0 spiro atoms. The number of amides is 1. The second kappa shape index (κ2) is 8.57. The highest BCUT2D eigenvalue weighted by Gasteiger charge is 2.28. The normalized spacial score (nSPS) is 19.6. The Morgan fingerprint density at radius 2 is 2.32 bits per heavy atom. The van der Waals surface area contributed by atoms with Gasteiger partial charge in [0, 0.05) is 51.3 Å². The Balaban J connectivity index is 1.87. The predicted molar refractivity (Wildman–Crippen MR) is 86.3 cm³/mol. The molecule has 0 aliphatic carbocycles. The van der Waals surface area contributed by atoms with Crippen LogP contribution in [0.4, 0.5) is 0 Å². The minimum absolute atomic E-state index is 0.0231.